The van der Waals surface area contributed by atoms with Gasteiger partial charge in [-0.25, -0.2) is 0 Å². The van der Waals surface area contributed by atoms with Gasteiger partial charge in [0.1, 0.15) is 0 Å². The summed E-state index contributed by atoms with van der Waals surface area (Å²) in [7, 11) is 0. The molecule has 0 radical (unpaired) electrons. The second kappa shape index (κ2) is 4.61. The summed E-state index contributed by atoms with van der Waals surface area (Å²) in [6, 6.07) is 0. The van der Waals surface area contributed by atoms with Gasteiger partial charge in [-0.05, 0) is 26.3 Å². The predicted molar refractivity (Wildman–Crippen MR) is 62.9 cm³/mol. The molecule has 2 aliphatic heterocycles. The highest BCUT2D eigenvalue weighted by Gasteiger charge is 2.63. The Morgan fingerprint density at radius 3 is 2.35 bits per heavy atom. The van der Waals surface area contributed by atoms with E-state index in [2.05, 4.69) is 5.32 Å². The third-order valence-corrected chi connectivity index (χ3v) is 4.38. The van der Waals surface area contributed by atoms with Gasteiger partial charge in [0.05, 0.1) is 5.41 Å². The molecule has 2 heterocycles. The first-order valence-corrected chi connectivity index (χ1v) is 6.43. The number of carbonyl (C=O) groups excluding carboxylic acids is 1. The van der Waals surface area contributed by atoms with E-state index in [1.165, 1.54) is 6.92 Å². The molecule has 0 spiro atoms. The number of carbonyl (C=O) groups is 2. The zero-order valence-corrected chi connectivity index (χ0v) is 11.1. The second-order valence-corrected chi connectivity index (χ2v) is 5.85. The van der Waals surface area contributed by atoms with Crippen molar-refractivity contribution in [3.63, 3.8) is 0 Å². The molecular formula is C12H17F3N2O3. The van der Waals surface area contributed by atoms with Crippen molar-refractivity contribution in [2.24, 2.45) is 10.8 Å². The van der Waals surface area contributed by atoms with E-state index in [-0.39, 0.29) is 32.5 Å². The lowest BCUT2D eigenvalue weighted by molar-refractivity contribution is -0.221. The minimum absolute atomic E-state index is 0.0550. The SMILES string of the molecule is CC1(C(=O)O)CCN(C(=O)C2(C(F)(F)F)CCNC2)C1. The predicted octanol–water partition coefficient (Wildman–Crippen LogP) is 0.852. The smallest absolute Gasteiger partial charge is 0.404 e. The summed E-state index contributed by atoms with van der Waals surface area (Å²) in [6.07, 6.45) is -4.75. The van der Waals surface area contributed by atoms with Crippen molar-refractivity contribution < 1.29 is 27.9 Å². The first-order valence-electron chi connectivity index (χ1n) is 6.43. The zero-order chi connectivity index (χ0) is 15.2. The van der Waals surface area contributed by atoms with Crippen molar-refractivity contribution in [2.45, 2.75) is 25.9 Å². The first-order chi connectivity index (χ1) is 9.12. The van der Waals surface area contributed by atoms with Gasteiger partial charge in [0, 0.05) is 19.6 Å². The Hall–Kier alpha value is -1.31. The Kier molecular flexibility index (Phi) is 3.48. The van der Waals surface area contributed by atoms with Crippen LogP contribution in [0.15, 0.2) is 0 Å². The number of likely N-dealkylation sites (tertiary alicyclic amines) is 1. The third kappa shape index (κ3) is 2.15. The summed E-state index contributed by atoms with van der Waals surface area (Å²) in [5.74, 6) is -2.08. The number of rotatable bonds is 2. The summed E-state index contributed by atoms with van der Waals surface area (Å²) in [4.78, 5) is 24.5. The average Bonchev–Trinajstić information content (AvgIpc) is 2.95. The van der Waals surface area contributed by atoms with Crippen LogP contribution in [0.2, 0.25) is 0 Å². The molecule has 2 unspecified atom stereocenters. The number of carboxylic acids is 1. The monoisotopic (exact) mass is 294 g/mol. The fourth-order valence-corrected chi connectivity index (χ4v) is 2.85. The maximum atomic E-state index is 13.3. The molecule has 20 heavy (non-hydrogen) atoms. The molecule has 114 valence electrons. The number of carboxylic acid groups (broad SMARTS) is 1. The number of halogens is 3. The third-order valence-electron chi connectivity index (χ3n) is 4.38. The normalized spacial score (nSPS) is 34.5. The number of nitrogens with zero attached hydrogens (tertiary/aromatic N) is 1. The van der Waals surface area contributed by atoms with E-state index in [1.54, 1.807) is 0 Å². The molecule has 0 bridgehead atoms. The molecule has 0 aromatic heterocycles. The molecule has 2 fully saturated rings. The van der Waals surface area contributed by atoms with Gasteiger partial charge in [-0.1, -0.05) is 0 Å². The fraction of sp³-hybridized carbons (Fsp3) is 0.833. The van der Waals surface area contributed by atoms with Gasteiger partial charge in [0.15, 0.2) is 5.41 Å². The van der Waals surface area contributed by atoms with Gasteiger partial charge < -0.3 is 15.3 Å². The highest BCUT2D eigenvalue weighted by atomic mass is 19.4. The number of amides is 1. The van der Waals surface area contributed by atoms with Gasteiger partial charge in [-0.2, -0.15) is 13.2 Å². The molecule has 0 aliphatic carbocycles. The minimum Gasteiger partial charge on any atom is -0.481 e. The summed E-state index contributed by atoms with van der Waals surface area (Å²) in [5, 5.41) is 11.7. The van der Waals surface area contributed by atoms with Gasteiger partial charge >= 0.3 is 12.1 Å². The number of hydrogen-bond donors (Lipinski definition) is 2. The molecule has 0 aromatic rings. The maximum absolute atomic E-state index is 13.3. The van der Waals surface area contributed by atoms with E-state index in [0.717, 1.165) is 4.90 Å². The largest absolute Gasteiger partial charge is 0.481 e. The highest BCUT2D eigenvalue weighted by molar-refractivity contribution is 5.86. The highest BCUT2D eigenvalue weighted by Crippen LogP contribution is 2.45. The molecular weight excluding hydrogens is 277 g/mol. The first kappa shape index (κ1) is 15.1. The van der Waals surface area contributed by atoms with Gasteiger partial charge in [-0.15, -0.1) is 0 Å². The standard InChI is InChI=1S/C12H17F3N2O3/c1-10(9(19)20)3-5-17(7-10)8(18)11(12(13,14)15)2-4-16-6-11/h16H,2-7H2,1H3,(H,19,20). The van der Waals surface area contributed by atoms with Crippen LogP contribution >= 0.6 is 0 Å². The Labute approximate surface area is 114 Å². The van der Waals surface area contributed by atoms with Crippen LogP contribution in [0.4, 0.5) is 13.2 Å². The summed E-state index contributed by atoms with van der Waals surface area (Å²) < 4.78 is 39.8. The van der Waals surface area contributed by atoms with Crippen LogP contribution in [0.3, 0.4) is 0 Å². The van der Waals surface area contributed by atoms with E-state index in [9.17, 15) is 22.8 Å². The Balaban J connectivity index is 2.21. The fourth-order valence-electron chi connectivity index (χ4n) is 2.85. The lowest BCUT2D eigenvalue weighted by atomic mass is 9.84. The minimum atomic E-state index is -4.63. The van der Waals surface area contributed by atoms with E-state index >= 15 is 0 Å². The topological polar surface area (TPSA) is 69.6 Å². The van der Waals surface area contributed by atoms with Crippen molar-refractivity contribution in [3.05, 3.63) is 0 Å². The van der Waals surface area contributed by atoms with Crippen LogP contribution in [0.5, 0.6) is 0 Å². The van der Waals surface area contributed by atoms with Crippen molar-refractivity contribution in [1.29, 1.82) is 0 Å². The van der Waals surface area contributed by atoms with Crippen LogP contribution in [0.1, 0.15) is 19.8 Å². The van der Waals surface area contributed by atoms with E-state index < -0.39 is 35.4 Å². The van der Waals surface area contributed by atoms with Gasteiger partial charge in [-0.3, -0.25) is 9.59 Å². The van der Waals surface area contributed by atoms with Gasteiger partial charge in [0.25, 0.3) is 0 Å². The van der Waals surface area contributed by atoms with Crippen LogP contribution in [0, 0.1) is 10.8 Å². The van der Waals surface area contributed by atoms with Crippen molar-refractivity contribution in [1.82, 2.24) is 10.2 Å². The van der Waals surface area contributed by atoms with Crippen LogP contribution in [-0.4, -0.2) is 54.2 Å². The Morgan fingerprint density at radius 2 is 1.95 bits per heavy atom. The Bertz CT molecular complexity index is 432. The summed E-state index contributed by atoms with van der Waals surface area (Å²) >= 11 is 0. The number of nitrogens with one attached hydrogen (secondary N) is 1. The van der Waals surface area contributed by atoms with Crippen molar-refractivity contribution >= 4 is 11.9 Å². The lowest BCUT2D eigenvalue weighted by Crippen LogP contribution is -2.53. The number of aliphatic carboxylic acids is 1. The quantitative estimate of drug-likeness (QED) is 0.792. The van der Waals surface area contributed by atoms with E-state index in [4.69, 9.17) is 5.11 Å². The maximum Gasteiger partial charge on any atom is 0.404 e. The molecule has 2 N–H and O–H groups in total. The van der Waals surface area contributed by atoms with E-state index in [0.29, 0.717) is 0 Å². The molecule has 0 aromatic carbocycles. The molecule has 1 amide bonds. The molecule has 5 nitrogen and oxygen atoms in total. The molecule has 0 saturated carbocycles. The molecule has 8 heteroatoms. The second-order valence-electron chi connectivity index (χ2n) is 5.85. The summed E-state index contributed by atoms with van der Waals surface area (Å²) in [5.41, 5.74) is -3.56. The van der Waals surface area contributed by atoms with Gasteiger partial charge in [0.2, 0.25) is 5.91 Å². The summed E-state index contributed by atoms with van der Waals surface area (Å²) in [6.45, 7) is 1.04. The van der Waals surface area contributed by atoms with Crippen LogP contribution in [0.25, 0.3) is 0 Å². The lowest BCUT2D eigenvalue weighted by Gasteiger charge is -2.33. The molecule has 2 rings (SSSR count). The van der Waals surface area contributed by atoms with Crippen molar-refractivity contribution in [3.8, 4) is 0 Å². The Morgan fingerprint density at radius 1 is 1.30 bits per heavy atom. The van der Waals surface area contributed by atoms with Crippen LogP contribution in [-0.2, 0) is 9.59 Å². The molecule has 2 atom stereocenters. The average molecular weight is 294 g/mol. The number of alkyl halides is 3. The van der Waals surface area contributed by atoms with E-state index in [1.807, 2.05) is 0 Å². The van der Waals surface area contributed by atoms with Crippen LogP contribution < -0.4 is 5.32 Å². The zero-order valence-electron chi connectivity index (χ0n) is 11.1. The molecule has 2 aliphatic rings. The van der Waals surface area contributed by atoms with Crippen molar-refractivity contribution in [2.75, 3.05) is 26.2 Å². The number of hydrogen-bond acceptors (Lipinski definition) is 3. The molecule has 2 saturated heterocycles.